The summed E-state index contributed by atoms with van der Waals surface area (Å²) in [4.78, 5) is 0. The van der Waals surface area contributed by atoms with Gasteiger partial charge < -0.3 is 20.5 Å². The molecule has 0 amide bonds. The summed E-state index contributed by atoms with van der Waals surface area (Å²) in [6.07, 6.45) is 0.967. The predicted octanol–water partition coefficient (Wildman–Crippen LogP) is 3.28. The van der Waals surface area contributed by atoms with E-state index in [9.17, 15) is 0 Å². The highest BCUT2D eigenvalue weighted by Crippen LogP contribution is 2.26. The second-order valence-electron chi connectivity index (χ2n) is 5.15. The largest absolute Gasteiger partial charge is 0.491 e. The monoisotopic (exact) mass is 266 g/mol. The van der Waals surface area contributed by atoms with Crippen LogP contribution in [-0.2, 0) is 4.74 Å². The van der Waals surface area contributed by atoms with Crippen molar-refractivity contribution < 1.29 is 9.47 Å². The van der Waals surface area contributed by atoms with Gasteiger partial charge in [-0.2, -0.15) is 0 Å². The molecule has 1 aromatic carbocycles. The van der Waals surface area contributed by atoms with E-state index >= 15 is 0 Å². The van der Waals surface area contributed by atoms with E-state index in [1.165, 1.54) is 0 Å². The lowest BCUT2D eigenvalue weighted by Crippen LogP contribution is -2.33. The summed E-state index contributed by atoms with van der Waals surface area (Å²) in [7, 11) is 0. The number of nitrogens with one attached hydrogen (secondary N) is 1. The molecular weight excluding hydrogens is 240 g/mol. The zero-order valence-electron chi connectivity index (χ0n) is 12.5. The van der Waals surface area contributed by atoms with Gasteiger partial charge in [0.25, 0.3) is 0 Å². The number of anilines is 2. The first-order valence-electron chi connectivity index (χ1n) is 6.88. The number of benzene rings is 1. The quantitative estimate of drug-likeness (QED) is 0.709. The Balaban J connectivity index is 2.63. The van der Waals surface area contributed by atoms with Crippen LogP contribution in [0.1, 0.15) is 34.1 Å². The molecule has 0 aliphatic rings. The third kappa shape index (κ3) is 5.39. The van der Waals surface area contributed by atoms with Gasteiger partial charge in [-0.25, -0.2) is 0 Å². The lowest BCUT2D eigenvalue weighted by atomic mass is 10.1. The van der Waals surface area contributed by atoms with Crippen molar-refractivity contribution in [2.75, 3.05) is 30.8 Å². The van der Waals surface area contributed by atoms with E-state index in [2.05, 4.69) is 26.1 Å². The van der Waals surface area contributed by atoms with Crippen molar-refractivity contribution >= 4 is 11.4 Å². The number of nitrogen functional groups attached to an aromatic ring is 1. The summed E-state index contributed by atoms with van der Waals surface area (Å²) in [5.74, 6) is 0.737. The van der Waals surface area contributed by atoms with E-state index in [1.54, 1.807) is 0 Å². The zero-order valence-corrected chi connectivity index (χ0v) is 12.5. The molecule has 0 saturated carbocycles. The van der Waals surface area contributed by atoms with Gasteiger partial charge >= 0.3 is 0 Å². The maximum atomic E-state index is 5.88. The van der Waals surface area contributed by atoms with Crippen LogP contribution in [0.5, 0.6) is 5.75 Å². The van der Waals surface area contributed by atoms with E-state index in [4.69, 9.17) is 15.2 Å². The fourth-order valence-electron chi connectivity index (χ4n) is 1.74. The first kappa shape index (κ1) is 15.6. The fourth-order valence-corrected chi connectivity index (χ4v) is 1.74. The highest BCUT2D eigenvalue weighted by Gasteiger charge is 2.17. The summed E-state index contributed by atoms with van der Waals surface area (Å²) in [5, 5.41) is 3.35. The van der Waals surface area contributed by atoms with Gasteiger partial charge in [-0.3, -0.25) is 0 Å². The molecule has 0 unspecified atom stereocenters. The fraction of sp³-hybridized carbons (Fsp3) is 0.600. The SMILES string of the molecule is CCCOc1cc(NCC(C)(C)OCC)ccc1N. The van der Waals surface area contributed by atoms with Crippen molar-refractivity contribution in [2.45, 2.75) is 39.7 Å². The van der Waals surface area contributed by atoms with Crippen LogP contribution in [0.2, 0.25) is 0 Å². The Morgan fingerprint density at radius 3 is 2.63 bits per heavy atom. The van der Waals surface area contributed by atoms with Gasteiger partial charge in [-0.05, 0) is 39.3 Å². The Labute approximate surface area is 116 Å². The molecule has 3 N–H and O–H groups in total. The van der Waals surface area contributed by atoms with Crippen LogP contribution in [0.15, 0.2) is 18.2 Å². The van der Waals surface area contributed by atoms with Gasteiger partial charge in [-0.15, -0.1) is 0 Å². The second kappa shape index (κ2) is 7.24. The Morgan fingerprint density at radius 2 is 2.00 bits per heavy atom. The van der Waals surface area contributed by atoms with Crippen molar-refractivity contribution in [1.82, 2.24) is 0 Å². The van der Waals surface area contributed by atoms with Crippen LogP contribution >= 0.6 is 0 Å². The van der Waals surface area contributed by atoms with Crippen LogP contribution < -0.4 is 15.8 Å². The minimum Gasteiger partial charge on any atom is -0.491 e. The summed E-state index contributed by atoms with van der Waals surface area (Å²) < 4.78 is 11.3. The second-order valence-corrected chi connectivity index (χ2v) is 5.15. The summed E-state index contributed by atoms with van der Waals surface area (Å²) >= 11 is 0. The Bertz CT molecular complexity index is 392. The summed E-state index contributed by atoms with van der Waals surface area (Å²) in [6.45, 7) is 10.3. The standard InChI is InChI=1S/C15H26N2O2/c1-5-9-18-14-10-12(7-8-13(14)16)17-11-15(3,4)19-6-2/h7-8,10,17H,5-6,9,11,16H2,1-4H3. The summed E-state index contributed by atoms with van der Waals surface area (Å²) in [6, 6.07) is 5.75. The number of ether oxygens (including phenoxy) is 2. The van der Waals surface area contributed by atoms with Crippen LogP contribution in [0.25, 0.3) is 0 Å². The van der Waals surface area contributed by atoms with Crippen LogP contribution in [0, 0.1) is 0 Å². The number of rotatable bonds is 8. The van der Waals surface area contributed by atoms with Crippen molar-refractivity contribution in [3.05, 3.63) is 18.2 Å². The number of hydrogen-bond acceptors (Lipinski definition) is 4. The average Bonchev–Trinajstić information content (AvgIpc) is 2.36. The van der Waals surface area contributed by atoms with Gasteiger partial charge in [-0.1, -0.05) is 6.92 Å². The highest BCUT2D eigenvalue weighted by molar-refractivity contribution is 5.61. The van der Waals surface area contributed by atoms with E-state index in [-0.39, 0.29) is 5.60 Å². The topological polar surface area (TPSA) is 56.5 Å². The first-order valence-corrected chi connectivity index (χ1v) is 6.88. The molecule has 0 spiro atoms. The lowest BCUT2D eigenvalue weighted by molar-refractivity contribution is 0.000695. The van der Waals surface area contributed by atoms with E-state index in [0.29, 0.717) is 18.9 Å². The molecule has 0 atom stereocenters. The molecule has 1 rings (SSSR count). The first-order chi connectivity index (χ1) is 8.98. The molecule has 108 valence electrons. The Hall–Kier alpha value is -1.42. The normalized spacial score (nSPS) is 11.4. The molecule has 19 heavy (non-hydrogen) atoms. The molecule has 0 saturated heterocycles. The van der Waals surface area contributed by atoms with E-state index < -0.39 is 0 Å². The van der Waals surface area contributed by atoms with Gasteiger partial charge in [0.15, 0.2) is 0 Å². The van der Waals surface area contributed by atoms with Crippen molar-refractivity contribution in [3.63, 3.8) is 0 Å². The van der Waals surface area contributed by atoms with E-state index in [1.807, 2.05) is 25.1 Å². The zero-order chi connectivity index (χ0) is 14.3. The number of hydrogen-bond donors (Lipinski definition) is 2. The minimum absolute atomic E-state index is 0.194. The van der Waals surface area contributed by atoms with Crippen LogP contribution in [-0.4, -0.2) is 25.4 Å². The molecule has 0 aliphatic heterocycles. The molecule has 4 nitrogen and oxygen atoms in total. The highest BCUT2D eigenvalue weighted by atomic mass is 16.5. The molecule has 0 aliphatic carbocycles. The average molecular weight is 266 g/mol. The van der Waals surface area contributed by atoms with Gasteiger partial charge in [0.1, 0.15) is 5.75 Å². The Morgan fingerprint density at radius 1 is 1.26 bits per heavy atom. The van der Waals surface area contributed by atoms with Gasteiger partial charge in [0.2, 0.25) is 0 Å². The van der Waals surface area contributed by atoms with Crippen molar-refractivity contribution in [3.8, 4) is 5.75 Å². The molecule has 0 radical (unpaired) electrons. The maximum Gasteiger partial charge on any atom is 0.144 e. The van der Waals surface area contributed by atoms with Crippen LogP contribution in [0.3, 0.4) is 0 Å². The predicted molar refractivity (Wildman–Crippen MR) is 80.8 cm³/mol. The molecule has 0 fully saturated rings. The summed E-state index contributed by atoms with van der Waals surface area (Å²) in [5.41, 5.74) is 7.35. The van der Waals surface area contributed by atoms with Crippen molar-refractivity contribution in [2.24, 2.45) is 0 Å². The van der Waals surface area contributed by atoms with E-state index in [0.717, 1.165) is 24.4 Å². The molecule has 0 bridgehead atoms. The molecular formula is C15H26N2O2. The van der Waals surface area contributed by atoms with Gasteiger partial charge in [0, 0.05) is 24.9 Å². The minimum atomic E-state index is -0.194. The molecule has 0 aromatic heterocycles. The number of nitrogens with two attached hydrogens (primary N) is 1. The van der Waals surface area contributed by atoms with Gasteiger partial charge in [0.05, 0.1) is 17.9 Å². The third-order valence-electron chi connectivity index (χ3n) is 2.73. The molecule has 0 heterocycles. The smallest absolute Gasteiger partial charge is 0.144 e. The molecule has 4 heteroatoms. The lowest BCUT2D eigenvalue weighted by Gasteiger charge is -2.25. The Kier molecular flexibility index (Phi) is 5.96. The van der Waals surface area contributed by atoms with Crippen LogP contribution in [0.4, 0.5) is 11.4 Å². The third-order valence-corrected chi connectivity index (χ3v) is 2.73. The van der Waals surface area contributed by atoms with Crippen molar-refractivity contribution in [1.29, 1.82) is 0 Å². The molecule has 1 aromatic rings. The maximum absolute atomic E-state index is 5.88.